The van der Waals surface area contributed by atoms with Crippen LogP contribution in [0, 0.1) is 11.3 Å². The van der Waals surface area contributed by atoms with Crippen LogP contribution in [0.1, 0.15) is 66.7 Å². The quantitative estimate of drug-likeness (QED) is 0.774. The SMILES string of the molecule is CCCNC(COC1CCCC(C)C1)C(C)(C)C. The minimum Gasteiger partial charge on any atom is -0.377 e. The molecule has 1 rings (SSSR count). The maximum absolute atomic E-state index is 6.18. The Morgan fingerprint density at radius 1 is 1.28 bits per heavy atom. The molecule has 3 atom stereocenters. The second-order valence-corrected chi connectivity index (χ2v) is 7.10. The van der Waals surface area contributed by atoms with Crippen molar-refractivity contribution in [3.8, 4) is 0 Å². The molecule has 0 heterocycles. The molecule has 0 amide bonds. The molecule has 0 radical (unpaired) electrons. The lowest BCUT2D eigenvalue weighted by atomic mass is 9.86. The largest absolute Gasteiger partial charge is 0.377 e. The normalized spacial score (nSPS) is 27.2. The van der Waals surface area contributed by atoms with Crippen LogP contribution in [0.2, 0.25) is 0 Å². The molecule has 0 bridgehead atoms. The Balaban J connectivity index is 2.36. The van der Waals surface area contributed by atoms with E-state index in [-0.39, 0.29) is 5.41 Å². The molecule has 1 aliphatic rings. The summed E-state index contributed by atoms with van der Waals surface area (Å²) in [6, 6.07) is 0.467. The highest BCUT2D eigenvalue weighted by Crippen LogP contribution is 2.27. The number of rotatable bonds is 6. The van der Waals surface area contributed by atoms with Gasteiger partial charge in [0.15, 0.2) is 0 Å². The highest BCUT2D eigenvalue weighted by Gasteiger charge is 2.26. The van der Waals surface area contributed by atoms with Crippen LogP contribution in [0.3, 0.4) is 0 Å². The minimum absolute atomic E-state index is 0.273. The zero-order valence-electron chi connectivity index (χ0n) is 13.1. The Bertz CT molecular complexity index is 222. The summed E-state index contributed by atoms with van der Waals surface area (Å²) in [4.78, 5) is 0. The Morgan fingerprint density at radius 2 is 2.00 bits per heavy atom. The first-order chi connectivity index (χ1) is 8.43. The van der Waals surface area contributed by atoms with Crippen molar-refractivity contribution in [3.63, 3.8) is 0 Å². The average Bonchev–Trinajstić information content (AvgIpc) is 2.27. The molecule has 1 N–H and O–H groups in total. The molecule has 3 unspecified atom stereocenters. The molecule has 2 heteroatoms. The smallest absolute Gasteiger partial charge is 0.0628 e. The van der Waals surface area contributed by atoms with Crippen LogP contribution in [0.5, 0.6) is 0 Å². The fraction of sp³-hybridized carbons (Fsp3) is 1.00. The van der Waals surface area contributed by atoms with E-state index in [1.807, 2.05) is 0 Å². The van der Waals surface area contributed by atoms with Gasteiger partial charge in [0.25, 0.3) is 0 Å². The van der Waals surface area contributed by atoms with E-state index in [9.17, 15) is 0 Å². The van der Waals surface area contributed by atoms with Gasteiger partial charge in [-0.2, -0.15) is 0 Å². The molecule has 0 aliphatic heterocycles. The van der Waals surface area contributed by atoms with Crippen LogP contribution in [0.15, 0.2) is 0 Å². The van der Waals surface area contributed by atoms with Gasteiger partial charge in [0.1, 0.15) is 0 Å². The molecule has 0 aromatic carbocycles. The van der Waals surface area contributed by atoms with Crippen molar-refractivity contribution in [2.75, 3.05) is 13.2 Å². The second kappa shape index (κ2) is 7.49. The summed E-state index contributed by atoms with van der Waals surface area (Å²) < 4.78 is 6.18. The first-order valence-electron chi connectivity index (χ1n) is 7.78. The van der Waals surface area contributed by atoms with E-state index >= 15 is 0 Å². The molecular weight excluding hydrogens is 222 g/mol. The first-order valence-corrected chi connectivity index (χ1v) is 7.78. The average molecular weight is 255 g/mol. The fourth-order valence-electron chi connectivity index (χ4n) is 2.70. The fourth-order valence-corrected chi connectivity index (χ4v) is 2.70. The van der Waals surface area contributed by atoms with Gasteiger partial charge in [0.05, 0.1) is 12.7 Å². The predicted octanol–water partition coefficient (Wildman–Crippen LogP) is 4.00. The molecule has 1 fully saturated rings. The summed E-state index contributed by atoms with van der Waals surface area (Å²) in [5, 5.41) is 3.64. The maximum atomic E-state index is 6.18. The zero-order chi connectivity index (χ0) is 13.6. The zero-order valence-corrected chi connectivity index (χ0v) is 13.1. The summed E-state index contributed by atoms with van der Waals surface area (Å²) in [5.41, 5.74) is 0.273. The summed E-state index contributed by atoms with van der Waals surface area (Å²) in [5.74, 6) is 0.848. The number of nitrogens with one attached hydrogen (secondary N) is 1. The van der Waals surface area contributed by atoms with Crippen LogP contribution < -0.4 is 5.32 Å². The summed E-state index contributed by atoms with van der Waals surface area (Å²) in [7, 11) is 0. The summed E-state index contributed by atoms with van der Waals surface area (Å²) in [6.45, 7) is 13.4. The van der Waals surface area contributed by atoms with E-state index in [1.54, 1.807) is 0 Å². The van der Waals surface area contributed by atoms with Crippen molar-refractivity contribution in [2.24, 2.45) is 11.3 Å². The van der Waals surface area contributed by atoms with Gasteiger partial charge in [0, 0.05) is 6.04 Å². The predicted molar refractivity (Wildman–Crippen MR) is 78.9 cm³/mol. The molecule has 1 aliphatic carbocycles. The molecule has 0 aromatic heterocycles. The van der Waals surface area contributed by atoms with Crippen molar-refractivity contribution in [3.05, 3.63) is 0 Å². The third-order valence-electron chi connectivity index (χ3n) is 4.07. The standard InChI is InChI=1S/C16H33NO/c1-6-10-17-15(16(3,4)5)12-18-14-9-7-8-13(2)11-14/h13-15,17H,6-12H2,1-5H3. The van der Waals surface area contributed by atoms with Gasteiger partial charge in [-0.15, -0.1) is 0 Å². The van der Waals surface area contributed by atoms with Gasteiger partial charge < -0.3 is 10.1 Å². The lowest BCUT2D eigenvalue weighted by Gasteiger charge is -2.34. The highest BCUT2D eigenvalue weighted by molar-refractivity contribution is 4.81. The molecule has 0 saturated heterocycles. The molecular formula is C16H33NO. The van der Waals surface area contributed by atoms with E-state index in [2.05, 4.69) is 39.9 Å². The van der Waals surface area contributed by atoms with Crippen molar-refractivity contribution in [2.45, 2.75) is 78.9 Å². The van der Waals surface area contributed by atoms with Gasteiger partial charge >= 0.3 is 0 Å². The van der Waals surface area contributed by atoms with Gasteiger partial charge in [-0.25, -0.2) is 0 Å². The Morgan fingerprint density at radius 3 is 2.56 bits per heavy atom. The van der Waals surface area contributed by atoms with Gasteiger partial charge in [-0.1, -0.05) is 47.5 Å². The lowest BCUT2D eigenvalue weighted by molar-refractivity contribution is -0.0110. The third kappa shape index (κ3) is 5.71. The topological polar surface area (TPSA) is 21.3 Å². The van der Waals surface area contributed by atoms with E-state index < -0.39 is 0 Å². The third-order valence-corrected chi connectivity index (χ3v) is 4.07. The molecule has 0 aromatic rings. The van der Waals surface area contributed by atoms with E-state index in [1.165, 1.54) is 32.1 Å². The van der Waals surface area contributed by atoms with Crippen molar-refractivity contribution in [1.82, 2.24) is 5.32 Å². The molecule has 2 nitrogen and oxygen atoms in total. The Labute approximate surface area is 114 Å². The van der Waals surface area contributed by atoms with E-state index in [0.29, 0.717) is 12.1 Å². The Kier molecular flexibility index (Phi) is 6.65. The maximum Gasteiger partial charge on any atom is 0.0628 e. The van der Waals surface area contributed by atoms with Crippen LogP contribution in [0.4, 0.5) is 0 Å². The Hall–Kier alpha value is -0.0800. The monoisotopic (exact) mass is 255 g/mol. The van der Waals surface area contributed by atoms with Crippen molar-refractivity contribution < 1.29 is 4.74 Å². The summed E-state index contributed by atoms with van der Waals surface area (Å²) >= 11 is 0. The van der Waals surface area contributed by atoms with E-state index in [4.69, 9.17) is 4.74 Å². The molecule has 18 heavy (non-hydrogen) atoms. The lowest BCUT2D eigenvalue weighted by Crippen LogP contribution is -2.45. The van der Waals surface area contributed by atoms with Crippen LogP contribution in [-0.2, 0) is 4.74 Å². The van der Waals surface area contributed by atoms with Crippen LogP contribution >= 0.6 is 0 Å². The number of hydrogen-bond acceptors (Lipinski definition) is 2. The highest BCUT2D eigenvalue weighted by atomic mass is 16.5. The number of hydrogen-bond donors (Lipinski definition) is 1. The van der Waals surface area contributed by atoms with Crippen LogP contribution in [0.25, 0.3) is 0 Å². The summed E-state index contributed by atoms with van der Waals surface area (Å²) in [6.07, 6.45) is 6.93. The van der Waals surface area contributed by atoms with Crippen molar-refractivity contribution in [1.29, 1.82) is 0 Å². The minimum atomic E-state index is 0.273. The van der Waals surface area contributed by atoms with Crippen LogP contribution in [-0.4, -0.2) is 25.3 Å². The number of ether oxygens (including phenoxy) is 1. The van der Waals surface area contributed by atoms with Crippen molar-refractivity contribution >= 4 is 0 Å². The van der Waals surface area contributed by atoms with Gasteiger partial charge in [-0.05, 0) is 37.1 Å². The van der Waals surface area contributed by atoms with Gasteiger partial charge in [-0.3, -0.25) is 0 Å². The molecule has 1 saturated carbocycles. The van der Waals surface area contributed by atoms with Gasteiger partial charge in [0.2, 0.25) is 0 Å². The van der Waals surface area contributed by atoms with E-state index in [0.717, 1.165) is 19.1 Å². The second-order valence-electron chi connectivity index (χ2n) is 7.10. The first kappa shape index (κ1) is 16.0. The molecule has 108 valence electrons. The molecule has 0 spiro atoms.